The zero-order valence-corrected chi connectivity index (χ0v) is 15.0. The lowest BCUT2D eigenvalue weighted by Crippen LogP contribution is -2.24. The van der Waals surface area contributed by atoms with Gasteiger partial charge >= 0.3 is 0 Å². The molecule has 0 fully saturated rings. The Kier molecular flexibility index (Phi) is 4.93. The molecular formula is C20H24N6. The lowest BCUT2D eigenvalue weighted by atomic mass is 10.1. The monoisotopic (exact) mass is 348 g/mol. The molecule has 3 heterocycles. The van der Waals surface area contributed by atoms with E-state index in [1.807, 2.05) is 41.3 Å². The number of hydrogen-bond acceptors (Lipinski definition) is 5. The van der Waals surface area contributed by atoms with Crippen LogP contribution < -0.4 is 10.6 Å². The molecule has 134 valence electrons. The van der Waals surface area contributed by atoms with Crippen LogP contribution in [0, 0.1) is 0 Å². The molecule has 1 aliphatic rings. The molecule has 1 atom stereocenters. The van der Waals surface area contributed by atoms with Crippen molar-refractivity contribution in [2.75, 3.05) is 18.4 Å². The van der Waals surface area contributed by atoms with Gasteiger partial charge in [0.05, 0.1) is 12.2 Å². The fourth-order valence-electron chi connectivity index (χ4n) is 3.35. The number of hydrogen-bond donors (Lipinski definition) is 2. The molecule has 0 saturated carbocycles. The molecule has 2 aromatic heterocycles. The van der Waals surface area contributed by atoms with Gasteiger partial charge < -0.3 is 10.6 Å². The van der Waals surface area contributed by atoms with E-state index in [-0.39, 0.29) is 6.04 Å². The first-order valence-electron chi connectivity index (χ1n) is 9.19. The second-order valence-electron chi connectivity index (χ2n) is 6.71. The predicted octanol–water partition coefficient (Wildman–Crippen LogP) is 2.53. The molecule has 1 aliphatic heterocycles. The summed E-state index contributed by atoms with van der Waals surface area (Å²) in [6.07, 6.45) is 5.67. The van der Waals surface area contributed by atoms with E-state index in [4.69, 9.17) is 9.97 Å². The fraction of sp³-hybridized carbons (Fsp3) is 0.350. The van der Waals surface area contributed by atoms with Crippen LogP contribution in [0.15, 0.2) is 48.8 Å². The summed E-state index contributed by atoms with van der Waals surface area (Å²) < 4.78 is 1.94. The van der Waals surface area contributed by atoms with E-state index in [1.54, 1.807) is 0 Å². The van der Waals surface area contributed by atoms with E-state index in [9.17, 15) is 0 Å². The first-order valence-corrected chi connectivity index (χ1v) is 9.19. The second kappa shape index (κ2) is 7.66. The Balaban J connectivity index is 1.67. The van der Waals surface area contributed by atoms with E-state index in [0.717, 1.165) is 55.4 Å². The summed E-state index contributed by atoms with van der Waals surface area (Å²) >= 11 is 0. The summed E-state index contributed by atoms with van der Waals surface area (Å²) in [7, 11) is 0. The van der Waals surface area contributed by atoms with Crippen LogP contribution in [0.4, 0.5) is 5.82 Å². The zero-order valence-electron chi connectivity index (χ0n) is 15.0. The van der Waals surface area contributed by atoms with E-state index >= 15 is 0 Å². The van der Waals surface area contributed by atoms with Crippen molar-refractivity contribution in [2.45, 2.75) is 32.4 Å². The van der Waals surface area contributed by atoms with Crippen molar-refractivity contribution in [1.29, 1.82) is 0 Å². The minimum atomic E-state index is 0.216. The minimum absolute atomic E-state index is 0.216. The Morgan fingerprint density at radius 3 is 2.77 bits per heavy atom. The molecule has 6 heteroatoms. The van der Waals surface area contributed by atoms with Crippen molar-refractivity contribution in [2.24, 2.45) is 0 Å². The first kappa shape index (κ1) is 16.7. The highest BCUT2D eigenvalue weighted by Gasteiger charge is 2.18. The molecule has 6 nitrogen and oxygen atoms in total. The molecule has 0 saturated heterocycles. The number of benzene rings is 1. The standard InChI is InChI=1S/C20H24N6/c1-15(14-26-13-5-10-22-26)23-20-17-8-11-21-12-9-18(17)24-19(25-20)16-6-3-2-4-7-16/h2-7,10,13,15,21H,8-9,11-12,14H2,1H3,(H,23,24,25)/t15-/m0/s1. The fourth-order valence-corrected chi connectivity index (χ4v) is 3.35. The van der Waals surface area contributed by atoms with Gasteiger partial charge in [0.2, 0.25) is 0 Å². The predicted molar refractivity (Wildman–Crippen MR) is 103 cm³/mol. The van der Waals surface area contributed by atoms with Crippen LogP contribution in [0.2, 0.25) is 0 Å². The van der Waals surface area contributed by atoms with Gasteiger partial charge in [0.15, 0.2) is 5.82 Å². The number of aromatic nitrogens is 4. The summed E-state index contributed by atoms with van der Waals surface area (Å²) in [4.78, 5) is 9.77. The highest BCUT2D eigenvalue weighted by Crippen LogP contribution is 2.25. The van der Waals surface area contributed by atoms with Gasteiger partial charge in [0, 0.05) is 42.5 Å². The number of nitrogens with zero attached hydrogens (tertiary/aromatic N) is 4. The number of nitrogens with one attached hydrogen (secondary N) is 2. The van der Waals surface area contributed by atoms with Gasteiger partial charge in [-0.05, 0) is 26.0 Å². The van der Waals surface area contributed by atoms with Gasteiger partial charge in [-0.15, -0.1) is 0 Å². The minimum Gasteiger partial charge on any atom is -0.365 e. The van der Waals surface area contributed by atoms with E-state index in [0.29, 0.717) is 0 Å². The van der Waals surface area contributed by atoms with E-state index < -0.39 is 0 Å². The Labute approximate surface area is 153 Å². The van der Waals surface area contributed by atoms with Gasteiger partial charge in [-0.1, -0.05) is 30.3 Å². The Morgan fingerprint density at radius 2 is 1.96 bits per heavy atom. The molecule has 0 aliphatic carbocycles. The summed E-state index contributed by atoms with van der Waals surface area (Å²) in [6, 6.07) is 12.4. The molecule has 4 rings (SSSR count). The van der Waals surface area contributed by atoms with Crippen molar-refractivity contribution < 1.29 is 0 Å². The highest BCUT2D eigenvalue weighted by atomic mass is 15.3. The third kappa shape index (κ3) is 3.75. The van der Waals surface area contributed by atoms with Gasteiger partial charge in [-0.25, -0.2) is 9.97 Å². The smallest absolute Gasteiger partial charge is 0.161 e. The lowest BCUT2D eigenvalue weighted by molar-refractivity contribution is 0.559. The van der Waals surface area contributed by atoms with Crippen LogP contribution in [0.25, 0.3) is 11.4 Å². The van der Waals surface area contributed by atoms with E-state index in [2.05, 4.69) is 34.8 Å². The third-order valence-electron chi connectivity index (χ3n) is 4.62. The van der Waals surface area contributed by atoms with Gasteiger partial charge in [0.25, 0.3) is 0 Å². The van der Waals surface area contributed by atoms with Crippen molar-refractivity contribution in [3.63, 3.8) is 0 Å². The summed E-state index contributed by atoms with van der Waals surface area (Å²) in [5, 5.41) is 11.4. The molecule has 26 heavy (non-hydrogen) atoms. The quantitative estimate of drug-likeness (QED) is 0.742. The molecule has 1 aromatic carbocycles. The Morgan fingerprint density at radius 1 is 1.12 bits per heavy atom. The normalized spacial score (nSPS) is 15.1. The van der Waals surface area contributed by atoms with Gasteiger partial charge in [0.1, 0.15) is 5.82 Å². The third-order valence-corrected chi connectivity index (χ3v) is 4.62. The number of fused-ring (bicyclic) bond motifs is 1. The average molecular weight is 348 g/mol. The molecule has 0 bridgehead atoms. The van der Waals surface area contributed by atoms with Gasteiger partial charge in [-0.2, -0.15) is 5.10 Å². The summed E-state index contributed by atoms with van der Waals surface area (Å²) in [5.74, 6) is 1.75. The average Bonchev–Trinajstić information content (AvgIpc) is 3.04. The van der Waals surface area contributed by atoms with Crippen LogP contribution in [0.1, 0.15) is 18.2 Å². The molecule has 0 amide bonds. The SMILES string of the molecule is C[C@@H](Cn1cccn1)Nc1nc(-c2ccccc2)nc2c1CCNCC2. The molecular weight excluding hydrogens is 324 g/mol. The summed E-state index contributed by atoms with van der Waals surface area (Å²) in [5.41, 5.74) is 3.44. The molecule has 0 spiro atoms. The number of anilines is 1. The Hall–Kier alpha value is -2.73. The van der Waals surface area contributed by atoms with Crippen LogP contribution >= 0.6 is 0 Å². The van der Waals surface area contributed by atoms with Crippen molar-refractivity contribution in [3.8, 4) is 11.4 Å². The van der Waals surface area contributed by atoms with Crippen LogP contribution in [0.5, 0.6) is 0 Å². The topological polar surface area (TPSA) is 67.7 Å². The zero-order chi connectivity index (χ0) is 17.8. The van der Waals surface area contributed by atoms with Crippen LogP contribution in [-0.2, 0) is 19.4 Å². The maximum Gasteiger partial charge on any atom is 0.161 e. The molecule has 0 radical (unpaired) electrons. The Bertz CT molecular complexity index is 844. The van der Waals surface area contributed by atoms with E-state index in [1.165, 1.54) is 5.56 Å². The van der Waals surface area contributed by atoms with Crippen LogP contribution in [-0.4, -0.2) is 38.9 Å². The maximum absolute atomic E-state index is 4.89. The largest absolute Gasteiger partial charge is 0.365 e. The van der Waals surface area contributed by atoms with Crippen molar-refractivity contribution in [3.05, 3.63) is 60.0 Å². The second-order valence-corrected chi connectivity index (χ2v) is 6.71. The highest BCUT2D eigenvalue weighted by molar-refractivity contribution is 5.60. The summed E-state index contributed by atoms with van der Waals surface area (Å²) in [6.45, 7) is 4.88. The van der Waals surface area contributed by atoms with Crippen LogP contribution in [0.3, 0.4) is 0 Å². The maximum atomic E-state index is 4.89. The van der Waals surface area contributed by atoms with Crippen molar-refractivity contribution >= 4 is 5.82 Å². The number of rotatable bonds is 5. The lowest BCUT2D eigenvalue weighted by Gasteiger charge is -2.19. The van der Waals surface area contributed by atoms with Crippen molar-refractivity contribution in [1.82, 2.24) is 25.1 Å². The molecule has 3 aromatic rings. The first-order chi connectivity index (χ1) is 12.8. The molecule has 2 N–H and O–H groups in total. The van der Waals surface area contributed by atoms with Gasteiger partial charge in [-0.3, -0.25) is 4.68 Å². The molecule has 0 unspecified atom stereocenters.